The molecule has 0 bridgehead atoms. The number of carboxylic acid groups (broad SMARTS) is 1. The number of benzene rings is 2. The summed E-state index contributed by atoms with van der Waals surface area (Å²) in [7, 11) is 1.65. The van der Waals surface area contributed by atoms with Gasteiger partial charge in [-0.05, 0) is 55.3 Å². The van der Waals surface area contributed by atoms with Gasteiger partial charge in [-0.1, -0.05) is 23.9 Å². The number of amides is 2. The molecule has 2 N–H and O–H groups in total. The molecule has 0 aliphatic carbocycles. The summed E-state index contributed by atoms with van der Waals surface area (Å²) in [5.74, 6) is -1.52. The number of carbonyl (C=O) groups is 3. The van der Waals surface area contributed by atoms with Gasteiger partial charge in [-0.3, -0.25) is 14.5 Å². The Morgan fingerprint density at radius 2 is 1.86 bits per heavy atom. The first-order valence-electron chi connectivity index (χ1n) is 8.98. The van der Waals surface area contributed by atoms with Gasteiger partial charge in [-0.2, -0.15) is 0 Å². The second kappa shape index (κ2) is 8.48. The Morgan fingerprint density at radius 1 is 1.17 bits per heavy atom. The fourth-order valence-corrected chi connectivity index (χ4v) is 3.96. The Kier molecular flexibility index (Phi) is 6.03. The third-order valence-corrected chi connectivity index (χ3v) is 5.74. The number of nitrogens with one attached hydrogen (secondary N) is 1. The van der Waals surface area contributed by atoms with Gasteiger partial charge >= 0.3 is 5.97 Å². The van der Waals surface area contributed by atoms with Gasteiger partial charge in [0.1, 0.15) is 5.25 Å². The number of carbonyl (C=O) groups excluding carboxylic acids is 2. The molecular formula is C21H21N3O4S. The summed E-state index contributed by atoms with van der Waals surface area (Å²) in [4.78, 5) is 41.9. The molecule has 3 rings (SSSR count). The number of amidine groups is 1. The van der Waals surface area contributed by atoms with E-state index in [1.807, 2.05) is 32.0 Å². The predicted octanol–water partition coefficient (Wildman–Crippen LogP) is 3.59. The van der Waals surface area contributed by atoms with E-state index in [0.717, 1.165) is 16.8 Å². The van der Waals surface area contributed by atoms with Gasteiger partial charge in [-0.25, -0.2) is 9.79 Å². The van der Waals surface area contributed by atoms with Crippen molar-refractivity contribution in [1.82, 2.24) is 4.90 Å². The van der Waals surface area contributed by atoms with E-state index in [0.29, 0.717) is 10.9 Å². The maximum absolute atomic E-state index is 12.5. The lowest BCUT2D eigenvalue weighted by atomic mass is 10.1. The predicted molar refractivity (Wildman–Crippen MR) is 114 cm³/mol. The molecule has 0 spiro atoms. The van der Waals surface area contributed by atoms with Crippen molar-refractivity contribution in [3.63, 3.8) is 0 Å². The van der Waals surface area contributed by atoms with Crippen molar-refractivity contribution in [1.29, 1.82) is 0 Å². The van der Waals surface area contributed by atoms with E-state index >= 15 is 0 Å². The number of hydrogen-bond donors (Lipinski definition) is 2. The van der Waals surface area contributed by atoms with Gasteiger partial charge in [0, 0.05) is 19.2 Å². The number of nitrogens with zero attached hydrogens (tertiary/aromatic N) is 2. The largest absolute Gasteiger partial charge is 0.478 e. The average molecular weight is 411 g/mol. The van der Waals surface area contributed by atoms with Crippen molar-refractivity contribution in [3.05, 3.63) is 59.2 Å². The van der Waals surface area contributed by atoms with Crippen LogP contribution in [0.25, 0.3) is 0 Å². The van der Waals surface area contributed by atoms with Crippen LogP contribution in [0.1, 0.15) is 27.9 Å². The Bertz CT molecular complexity index is 1000. The molecule has 0 saturated carbocycles. The highest BCUT2D eigenvalue weighted by molar-refractivity contribution is 8.15. The number of carboxylic acids is 1. The zero-order valence-corrected chi connectivity index (χ0v) is 17.1. The minimum Gasteiger partial charge on any atom is -0.478 e. The quantitative estimate of drug-likeness (QED) is 0.783. The molecular weight excluding hydrogens is 390 g/mol. The molecule has 1 atom stereocenters. The van der Waals surface area contributed by atoms with Crippen LogP contribution in [0, 0.1) is 13.8 Å². The van der Waals surface area contributed by atoms with E-state index in [-0.39, 0.29) is 23.8 Å². The van der Waals surface area contributed by atoms with E-state index < -0.39 is 11.2 Å². The number of aliphatic imine (C=N–C) groups is 1. The van der Waals surface area contributed by atoms with Crippen molar-refractivity contribution >= 4 is 46.1 Å². The summed E-state index contributed by atoms with van der Waals surface area (Å²) in [6, 6.07) is 11.8. The lowest BCUT2D eigenvalue weighted by molar-refractivity contribution is -0.127. The van der Waals surface area contributed by atoms with E-state index in [2.05, 4.69) is 10.3 Å². The zero-order valence-electron chi connectivity index (χ0n) is 16.3. The van der Waals surface area contributed by atoms with Crippen molar-refractivity contribution in [2.24, 2.45) is 4.99 Å². The molecule has 8 heteroatoms. The molecule has 29 heavy (non-hydrogen) atoms. The van der Waals surface area contributed by atoms with Crippen LogP contribution < -0.4 is 5.32 Å². The molecule has 2 aromatic carbocycles. The Morgan fingerprint density at radius 3 is 2.52 bits per heavy atom. The summed E-state index contributed by atoms with van der Waals surface area (Å²) in [6.45, 7) is 3.94. The fourth-order valence-electron chi connectivity index (χ4n) is 2.82. The second-order valence-electron chi connectivity index (χ2n) is 6.82. The molecule has 2 aromatic rings. The summed E-state index contributed by atoms with van der Waals surface area (Å²) in [6.07, 6.45) is 0.000339. The first-order valence-corrected chi connectivity index (χ1v) is 9.86. The van der Waals surface area contributed by atoms with Crippen LogP contribution in [-0.2, 0) is 9.59 Å². The lowest BCUT2D eigenvalue weighted by Gasteiger charge is -2.10. The van der Waals surface area contributed by atoms with E-state index in [4.69, 9.17) is 5.11 Å². The molecule has 0 aromatic heterocycles. The highest BCUT2D eigenvalue weighted by Gasteiger charge is 2.37. The Labute approximate surface area is 172 Å². The molecule has 150 valence electrons. The van der Waals surface area contributed by atoms with E-state index in [9.17, 15) is 14.4 Å². The third-order valence-electron chi connectivity index (χ3n) is 4.51. The molecule has 0 unspecified atom stereocenters. The van der Waals surface area contributed by atoms with Crippen LogP contribution in [-0.4, -0.2) is 45.3 Å². The van der Waals surface area contributed by atoms with Gasteiger partial charge in [0.2, 0.25) is 11.8 Å². The Balaban J connectivity index is 1.67. The first-order chi connectivity index (χ1) is 13.7. The van der Waals surface area contributed by atoms with E-state index in [1.54, 1.807) is 7.05 Å². The number of hydrogen-bond acceptors (Lipinski definition) is 5. The van der Waals surface area contributed by atoms with Crippen LogP contribution >= 0.6 is 11.8 Å². The van der Waals surface area contributed by atoms with Crippen molar-refractivity contribution in [2.45, 2.75) is 25.5 Å². The number of aryl methyl sites for hydroxylation is 2. The normalized spacial score (nSPS) is 17.6. The minimum atomic E-state index is -1.03. The van der Waals surface area contributed by atoms with Crippen molar-refractivity contribution in [2.75, 3.05) is 12.4 Å². The lowest BCUT2D eigenvalue weighted by Crippen LogP contribution is -2.30. The SMILES string of the molecule is Cc1ccc(C)c(N=C2S[C@@H](CC(=O)Nc3ccc(C(=O)O)cc3)C(=O)N2C)c1. The van der Waals surface area contributed by atoms with Gasteiger partial charge in [0.05, 0.1) is 11.3 Å². The fraction of sp³-hybridized carbons (Fsp3) is 0.238. The van der Waals surface area contributed by atoms with Crippen LogP contribution in [0.2, 0.25) is 0 Å². The minimum absolute atomic E-state index is 0.000339. The summed E-state index contributed by atoms with van der Waals surface area (Å²) < 4.78 is 0. The molecule has 7 nitrogen and oxygen atoms in total. The number of anilines is 1. The zero-order chi connectivity index (χ0) is 21.1. The van der Waals surface area contributed by atoms with Gasteiger partial charge in [-0.15, -0.1) is 0 Å². The molecule has 1 saturated heterocycles. The third kappa shape index (κ3) is 4.83. The summed E-state index contributed by atoms with van der Waals surface area (Å²) in [5.41, 5.74) is 3.51. The molecule has 1 aliphatic rings. The highest BCUT2D eigenvalue weighted by atomic mass is 32.2. The van der Waals surface area contributed by atoms with Gasteiger partial charge in [0.25, 0.3) is 0 Å². The number of thioether (sulfide) groups is 1. The maximum atomic E-state index is 12.5. The van der Waals surface area contributed by atoms with Crippen LogP contribution in [0.15, 0.2) is 47.5 Å². The number of aromatic carboxylic acids is 1. The molecule has 2 amide bonds. The first kappa shape index (κ1) is 20.6. The molecule has 1 aliphatic heterocycles. The average Bonchev–Trinajstić information content (AvgIpc) is 2.93. The molecule has 1 heterocycles. The van der Waals surface area contributed by atoms with Crippen LogP contribution in [0.4, 0.5) is 11.4 Å². The smallest absolute Gasteiger partial charge is 0.335 e. The highest BCUT2D eigenvalue weighted by Crippen LogP contribution is 2.32. The van der Waals surface area contributed by atoms with Crippen molar-refractivity contribution in [3.8, 4) is 0 Å². The van der Waals surface area contributed by atoms with Gasteiger partial charge < -0.3 is 10.4 Å². The standard InChI is InChI=1S/C21H21N3O4S/c1-12-4-5-13(2)16(10-12)23-21-24(3)19(26)17(29-21)11-18(25)22-15-8-6-14(7-9-15)20(27)28/h4-10,17H,11H2,1-3H3,(H,22,25)(H,27,28)/t17-/m0/s1. The van der Waals surface area contributed by atoms with Crippen LogP contribution in [0.5, 0.6) is 0 Å². The summed E-state index contributed by atoms with van der Waals surface area (Å²) in [5, 5.41) is 11.6. The molecule has 1 fully saturated rings. The topological polar surface area (TPSA) is 99.1 Å². The maximum Gasteiger partial charge on any atom is 0.335 e. The number of rotatable bonds is 5. The Hall–Kier alpha value is -3.13. The monoisotopic (exact) mass is 411 g/mol. The van der Waals surface area contributed by atoms with E-state index in [1.165, 1.54) is 40.9 Å². The second-order valence-corrected chi connectivity index (χ2v) is 7.99. The summed E-state index contributed by atoms with van der Waals surface area (Å²) >= 11 is 1.27. The van der Waals surface area contributed by atoms with Crippen LogP contribution in [0.3, 0.4) is 0 Å². The molecule has 0 radical (unpaired) electrons. The van der Waals surface area contributed by atoms with Gasteiger partial charge in [0.15, 0.2) is 5.17 Å². The van der Waals surface area contributed by atoms with Crippen molar-refractivity contribution < 1.29 is 19.5 Å².